The Morgan fingerprint density at radius 2 is 2.00 bits per heavy atom. The van der Waals surface area contributed by atoms with Crippen molar-refractivity contribution in [2.24, 2.45) is 0 Å². The first-order valence-corrected chi connectivity index (χ1v) is 5.13. The first-order chi connectivity index (χ1) is 7.49. The van der Waals surface area contributed by atoms with Crippen molar-refractivity contribution in [3.63, 3.8) is 0 Å². The van der Waals surface area contributed by atoms with Crippen LogP contribution in [0.1, 0.15) is 26.7 Å². The topological polar surface area (TPSA) is 82.1 Å². The van der Waals surface area contributed by atoms with Crippen LogP contribution in [-0.2, 0) is 23.8 Å². The number of carbonyl (C=O) groups is 2. The number of rotatable bonds is 3. The molecule has 0 aliphatic carbocycles. The number of ether oxygens (including phenoxy) is 3. The van der Waals surface area contributed by atoms with Gasteiger partial charge in [-0.1, -0.05) is 0 Å². The van der Waals surface area contributed by atoms with Gasteiger partial charge in [-0.05, 0) is 12.8 Å². The van der Waals surface area contributed by atoms with Gasteiger partial charge in [-0.15, -0.1) is 0 Å². The van der Waals surface area contributed by atoms with Gasteiger partial charge in [0.25, 0.3) is 0 Å². The SMILES string of the molecule is CC(=O)OCC1CCC(OC(C)=O)C(O)O1. The van der Waals surface area contributed by atoms with Gasteiger partial charge in [-0.2, -0.15) is 0 Å². The van der Waals surface area contributed by atoms with E-state index in [-0.39, 0.29) is 18.7 Å². The maximum atomic E-state index is 10.7. The van der Waals surface area contributed by atoms with Gasteiger partial charge in [0.2, 0.25) is 0 Å². The molecule has 0 aromatic carbocycles. The average Bonchev–Trinajstić information content (AvgIpc) is 2.18. The second kappa shape index (κ2) is 5.81. The summed E-state index contributed by atoms with van der Waals surface area (Å²) in [6.45, 7) is 2.69. The third-order valence-electron chi connectivity index (χ3n) is 2.21. The van der Waals surface area contributed by atoms with E-state index in [0.717, 1.165) is 0 Å². The first-order valence-electron chi connectivity index (χ1n) is 5.13. The average molecular weight is 232 g/mol. The summed E-state index contributed by atoms with van der Waals surface area (Å²) in [6.07, 6.45) is -1.07. The summed E-state index contributed by atoms with van der Waals surface area (Å²) in [7, 11) is 0. The van der Waals surface area contributed by atoms with Gasteiger partial charge in [0.1, 0.15) is 6.61 Å². The largest absolute Gasteiger partial charge is 0.463 e. The molecular formula is C10H16O6. The molecule has 0 bridgehead atoms. The number of aliphatic hydroxyl groups is 1. The van der Waals surface area contributed by atoms with Crippen LogP contribution in [0.15, 0.2) is 0 Å². The van der Waals surface area contributed by atoms with Crippen molar-refractivity contribution in [2.75, 3.05) is 6.61 Å². The highest BCUT2D eigenvalue weighted by Gasteiger charge is 2.32. The van der Waals surface area contributed by atoms with Gasteiger partial charge in [0.05, 0.1) is 6.10 Å². The summed E-state index contributed by atoms with van der Waals surface area (Å²) in [4.78, 5) is 21.3. The molecule has 1 aliphatic heterocycles. The van der Waals surface area contributed by atoms with Crippen molar-refractivity contribution in [1.29, 1.82) is 0 Å². The summed E-state index contributed by atoms with van der Waals surface area (Å²) in [5.74, 6) is -0.841. The van der Waals surface area contributed by atoms with Gasteiger partial charge in [-0.25, -0.2) is 0 Å². The fourth-order valence-electron chi connectivity index (χ4n) is 1.51. The zero-order chi connectivity index (χ0) is 12.1. The highest BCUT2D eigenvalue weighted by atomic mass is 16.7. The molecule has 1 aliphatic rings. The van der Waals surface area contributed by atoms with E-state index < -0.39 is 18.4 Å². The molecule has 6 heteroatoms. The van der Waals surface area contributed by atoms with Crippen molar-refractivity contribution < 1.29 is 28.9 Å². The Morgan fingerprint density at radius 3 is 2.50 bits per heavy atom. The molecule has 0 aromatic heterocycles. The monoisotopic (exact) mass is 232 g/mol. The van der Waals surface area contributed by atoms with Crippen molar-refractivity contribution in [3.05, 3.63) is 0 Å². The third-order valence-corrected chi connectivity index (χ3v) is 2.21. The highest BCUT2D eigenvalue weighted by molar-refractivity contribution is 5.66. The normalized spacial score (nSPS) is 29.6. The zero-order valence-corrected chi connectivity index (χ0v) is 9.34. The van der Waals surface area contributed by atoms with Crippen molar-refractivity contribution in [1.82, 2.24) is 0 Å². The molecule has 6 nitrogen and oxygen atoms in total. The molecular weight excluding hydrogens is 216 g/mol. The molecule has 0 amide bonds. The van der Waals surface area contributed by atoms with Gasteiger partial charge in [0, 0.05) is 13.8 Å². The van der Waals surface area contributed by atoms with Crippen LogP contribution in [0.2, 0.25) is 0 Å². The summed E-state index contributed by atoms with van der Waals surface area (Å²) >= 11 is 0. The minimum absolute atomic E-state index is 0.110. The van der Waals surface area contributed by atoms with Crippen LogP contribution < -0.4 is 0 Å². The van der Waals surface area contributed by atoms with Gasteiger partial charge < -0.3 is 19.3 Å². The van der Waals surface area contributed by atoms with E-state index in [2.05, 4.69) is 0 Å². The Morgan fingerprint density at radius 1 is 1.31 bits per heavy atom. The van der Waals surface area contributed by atoms with Crippen molar-refractivity contribution in [2.45, 2.75) is 45.2 Å². The Labute approximate surface area is 93.5 Å². The van der Waals surface area contributed by atoms with Crippen LogP contribution in [0.4, 0.5) is 0 Å². The lowest BCUT2D eigenvalue weighted by molar-refractivity contribution is -0.233. The zero-order valence-electron chi connectivity index (χ0n) is 9.34. The lowest BCUT2D eigenvalue weighted by atomic mass is 10.1. The lowest BCUT2D eigenvalue weighted by Crippen LogP contribution is -2.42. The lowest BCUT2D eigenvalue weighted by Gasteiger charge is -2.32. The van der Waals surface area contributed by atoms with Crippen LogP contribution in [0, 0.1) is 0 Å². The van der Waals surface area contributed by atoms with Crippen LogP contribution in [0.3, 0.4) is 0 Å². The second-order valence-electron chi connectivity index (χ2n) is 3.68. The van der Waals surface area contributed by atoms with Crippen LogP contribution in [-0.4, -0.2) is 42.1 Å². The highest BCUT2D eigenvalue weighted by Crippen LogP contribution is 2.21. The molecule has 0 aromatic rings. The molecule has 1 N–H and O–H groups in total. The molecule has 0 saturated carbocycles. The maximum absolute atomic E-state index is 10.7. The molecule has 3 atom stereocenters. The molecule has 92 valence electrons. The molecule has 0 spiro atoms. The minimum atomic E-state index is -1.15. The van der Waals surface area contributed by atoms with Crippen LogP contribution in [0.25, 0.3) is 0 Å². The van der Waals surface area contributed by atoms with Crippen molar-refractivity contribution >= 4 is 11.9 Å². The van der Waals surface area contributed by atoms with E-state index in [9.17, 15) is 14.7 Å². The van der Waals surface area contributed by atoms with Crippen LogP contribution in [0.5, 0.6) is 0 Å². The van der Waals surface area contributed by atoms with E-state index in [1.165, 1.54) is 13.8 Å². The van der Waals surface area contributed by atoms with Gasteiger partial charge in [-0.3, -0.25) is 9.59 Å². The molecule has 16 heavy (non-hydrogen) atoms. The molecule has 1 fully saturated rings. The Bertz CT molecular complexity index is 264. The van der Waals surface area contributed by atoms with E-state index >= 15 is 0 Å². The van der Waals surface area contributed by atoms with E-state index in [4.69, 9.17) is 14.2 Å². The molecule has 1 heterocycles. The minimum Gasteiger partial charge on any atom is -0.463 e. The fraction of sp³-hybridized carbons (Fsp3) is 0.800. The number of aliphatic hydroxyl groups excluding tert-OH is 1. The van der Waals surface area contributed by atoms with Gasteiger partial charge in [0.15, 0.2) is 12.4 Å². The summed E-state index contributed by atoms with van der Waals surface area (Å²) in [5.41, 5.74) is 0. The second-order valence-corrected chi connectivity index (χ2v) is 3.68. The Kier molecular flexibility index (Phi) is 4.70. The molecule has 1 rings (SSSR count). The Balaban J connectivity index is 2.33. The van der Waals surface area contributed by atoms with E-state index in [1.807, 2.05) is 0 Å². The smallest absolute Gasteiger partial charge is 0.303 e. The predicted octanol–water partition coefficient (Wildman–Crippen LogP) is -0.0214. The fourth-order valence-corrected chi connectivity index (χ4v) is 1.51. The number of hydrogen-bond acceptors (Lipinski definition) is 6. The summed E-state index contributed by atoms with van der Waals surface area (Å²) in [6, 6.07) is 0. The van der Waals surface area contributed by atoms with E-state index in [0.29, 0.717) is 12.8 Å². The summed E-state index contributed by atoms with van der Waals surface area (Å²) in [5, 5.41) is 9.51. The molecule has 0 radical (unpaired) electrons. The predicted molar refractivity (Wildman–Crippen MR) is 52.3 cm³/mol. The maximum Gasteiger partial charge on any atom is 0.303 e. The number of esters is 2. The third kappa shape index (κ3) is 4.16. The van der Waals surface area contributed by atoms with Gasteiger partial charge >= 0.3 is 11.9 Å². The van der Waals surface area contributed by atoms with Crippen molar-refractivity contribution in [3.8, 4) is 0 Å². The molecule has 3 unspecified atom stereocenters. The molecule has 1 saturated heterocycles. The standard InChI is InChI=1S/C10H16O6/c1-6(11)14-5-8-3-4-9(10(13)16-8)15-7(2)12/h8-10,13H,3-5H2,1-2H3. The quantitative estimate of drug-likeness (QED) is 0.688. The number of hydrogen-bond donors (Lipinski definition) is 1. The van der Waals surface area contributed by atoms with E-state index in [1.54, 1.807) is 0 Å². The first kappa shape index (κ1) is 12.9. The Hall–Kier alpha value is -1.14. The van der Waals surface area contributed by atoms with Crippen LogP contribution >= 0.6 is 0 Å². The summed E-state index contributed by atoms with van der Waals surface area (Å²) < 4.78 is 14.8. The number of carbonyl (C=O) groups excluding carboxylic acids is 2.